The van der Waals surface area contributed by atoms with Crippen LogP contribution in [0, 0.1) is 10.1 Å². The lowest BCUT2D eigenvalue weighted by atomic mass is 9.97. The van der Waals surface area contributed by atoms with Gasteiger partial charge < -0.3 is 25.9 Å². The number of carbonyl (C=O) groups is 5. The fraction of sp³-hybridized carbons (Fsp3) is 0.286. The maximum Gasteiger partial charge on any atom is 0.432 e. The Kier molecular flexibility index (Phi) is 10.0. The van der Waals surface area contributed by atoms with E-state index in [9.17, 15) is 34.1 Å². The van der Waals surface area contributed by atoms with Crippen molar-refractivity contribution >= 4 is 63.4 Å². The highest BCUT2D eigenvalue weighted by molar-refractivity contribution is 7.14. The molecule has 3 atom stereocenters. The third-order valence-corrected chi connectivity index (χ3v) is 5.97. The van der Waals surface area contributed by atoms with Gasteiger partial charge >= 0.3 is 12.2 Å². The average molecular weight is 598 g/mol. The van der Waals surface area contributed by atoms with Crippen LogP contribution in [0.3, 0.4) is 0 Å². The number of benzene rings is 1. The van der Waals surface area contributed by atoms with Gasteiger partial charge in [0.25, 0.3) is 11.8 Å². The number of esters is 1. The van der Waals surface area contributed by atoms with Crippen LogP contribution < -0.4 is 16.4 Å². The molecule has 40 heavy (non-hydrogen) atoms. The molecule has 0 bridgehead atoms. The second kappa shape index (κ2) is 13.4. The topological polar surface area (TPSA) is 235 Å². The molecule has 2 aromatic rings. The largest absolute Gasteiger partial charge is 0.454 e. The predicted molar refractivity (Wildman–Crippen MR) is 135 cm³/mol. The van der Waals surface area contributed by atoms with Gasteiger partial charge in [-0.2, -0.15) is 9.90 Å². The standard InChI is InChI=1S/C21H20ClN7O10S/c1-37-27-13(11-9-40-21(24-11)25-12(30)7-22)17(32)26-14-15(16(23)31)28(18(14)33)39-19(29(35)36)20(34)38-8-10-5-3-2-4-6-10/h2-6,9,14-15,19H,7-8H2,1H3,(H2,23,31)(H,26,32)(H,24,25,30)/t14-,15-,19?/m0/s1. The van der Waals surface area contributed by atoms with Gasteiger partial charge in [0, 0.05) is 5.38 Å². The first-order valence-corrected chi connectivity index (χ1v) is 12.4. The molecule has 1 aromatic carbocycles. The highest BCUT2D eigenvalue weighted by Crippen LogP contribution is 2.23. The number of primary amides is 1. The number of alkyl halides is 1. The van der Waals surface area contributed by atoms with E-state index in [0.717, 1.165) is 18.4 Å². The Morgan fingerprint density at radius 1 is 1.30 bits per heavy atom. The van der Waals surface area contributed by atoms with E-state index in [4.69, 9.17) is 26.9 Å². The van der Waals surface area contributed by atoms with Crippen molar-refractivity contribution in [3.63, 3.8) is 0 Å². The van der Waals surface area contributed by atoms with Crippen LogP contribution in [0.5, 0.6) is 0 Å². The number of amides is 4. The number of hydrogen-bond donors (Lipinski definition) is 3. The monoisotopic (exact) mass is 597 g/mol. The molecule has 3 rings (SSSR count). The number of nitrogens with two attached hydrogens (primary N) is 1. The summed E-state index contributed by atoms with van der Waals surface area (Å²) >= 11 is 6.36. The Morgan fingerprint density at radius 2 is 2.00 bits per heavy atom. The molecule has 0 saturated carbocycles. The molecule has 17 nitrogen and oxygen atoms in total. The number of aromatic nitrogens is 1. The molecule has 1 aliphatic heterocycles. The first-order valence-electron chi connectivity index (χ1n) is 10.9. The van der Waals surface area contributed by atoms with Crippen molar-refractivity contribution in [3.05, 3.63) is 57.1 Å². The Hall–Kier alpha value is -4.68. The molecule has 1 aromatic heterocycles. The molecule has 19 heteroatoms. The van der Waals surface area contributed by atoms with Crippen molar-refractivity contribution in [2.45, 2.75) is 24.9 Å². The number of nitro groups is 1. The number of ether oxygens (including phenoxy) is 1. The zero-order valence-electron chi connectivity index (χ0n) is 20.3. The summed E-state index contributed by atoms with van der Waals surface area (Å²) in [6.07, 6.45) is -2.52. The molecule has 2 heterocycles. The number of oxime groups is 1. The van der Waals surface area contributed by atoms with Crippen LogP contribution in [0.15, 0.2) is 40.9 Å². The number of anilines is 1. The van der Waals surface area contributed by atoms with Crippen molar-refractivity contribution in [2.24, 2.45) is 10.9 Å². The van der Waals surface area contributed by atoms with Gasteiger partial charge in [0.1, 0.15) is 31.3 Å². The maximum atomic E-state index is 12.9. The highest BCUT2D eigenvalue weighted by Gasteiger charge is 2.56. The van der Waals surface area contributed by atoms with Gasteiger partial charge in [-0.05, 0) is 5.56 Å². The Morgan fingerprint density at radius 3 is 2.60 bits per heavy atom. The lowest BCUT2D eigenvalue weighted by molar-refractivity contribution is -0.583. The number of rotatable bonds is 13. The SMILES string of the molecule is CON=C(C(=O)N[C@@H]1C(=O)N(OC(C(=O)OCc2ccccc2)[N+](=O)[O-])[C@@H]1C(N)=O)c1csc(NC(=O)CCl)n1. The molecule has 1 fully saturated rings. The van der Waals surface area contributed by atoms with E-state index in [0.29, 0.717) is 5.56 Å². The fourth-order valence-electron chi connectivity index (χ4n) is 3.17. The van der Waals surface area contributed by atoms with Gasteiger partial charge in [-0.15, -0.1) is 22.9 Å². The van der Waals surface area contributed by atoms with E-state index < -0.39 is 58.5 Å². The lowest BCUT2D eigenvalue weighted by Gasteiger charge is -2.43. The van der Waals surface area contributed by atoms with E-state index in [1.54, 1.807) is 30.3 Å². The summed E-state index contributed by atoms with van der Waals surface area (Å²) in [5, 5.41) is 21.2. The fourth-order valence-corrected chi connectivity index (χ4v) is 3.95. The molecule has 0 radical (unpaired) electrons. The minimum atomic E-state index is -2.52. The van der Waals surface area contributed by atoms with E-state index in [-0.39, 0.29) is 28.4 Å². The van der Waals surface area contributed by atoms with Crippen molar-refractivity contribution in [2.75, 3.05) is 18.3 Å². The van der Waals surface area contributed by atoms with Gasteiger partial charge in [0.05, 0.1) is 4.92 Å². The van der Waals surface area contributed by atoms with E-state index in [1.807, 2.05) is 0 Å². The summed E-state index contributed by atoms with van der Waals surface area (Å²) in [5.41, 5.74) is 5.33. The summed E-state index contributed by atoms with van der Waals surface area (Å²) < 4.78 is 4.89. The number of β-lactam (4-membered cyclic amide) rings is 1. The Bertz CT molecular complexity index is 1340. The average Bonchev–Trinajstić information content (AvgIpc) is 3.38. The van der Waals surface area contributed by atoms with Crippen molar-refractivity contribution in [1.82, 2.24) is 15.4 Å². The molecule has 4 N–H and O–H groups in total. The molecule has 4 amide bonds. The van der Waals surface area contributed by atoms with E-state index in [1.165, 1.54) is 5.38 Å². The number of halogens is 1. The van der Waals surface area contributed by atoms with Crippen molar-refractivity contribution in [3.8, 4) is 0 Å². The van der Waals surface area contributed by atoms with Gasteiger partial charge in [0.15, 0.2) is 16.9 Å². The predicted octanol–water partition coefficient (Wildman–Crippen LogP) is -0.870. The van der Waals surface area contributed by atoms with E-state index in [2.05, 4.69) is 25.6 Å². The number of carbonyl (C=O) groups excluding carboxylic acids is 5. The molecule has 1 unspecified atom stereocenters. The van der Waals surface area contributed by atoms with Crippen LogP contribution >= 0.6 is 22.9 Å². The van der Waals surface area contributed by atoms with E-state index >= 15 is 0 Å². The number of hydrogen-bond acceptors (Lipinski definition) is 13. The minimum absolute atomic E-state index is 0.0701. The molecular formula is C21H20ClN7O10S. The number of hydroxylamine groups is 2. The van der Waals surface area contributed by atoms with Gasteiger partial charge in [-0.25, -0.2) is 9.78 Å². The second-order valence-corrected chi connectivity index (χ2v) is 8.77. The second-order valence-electron chi connectivity index (χ2n) is 7.64. The minimum Gasteiger partial charge on any atom is -0.454 e. The summed E-state index contributed by atoms with van der Waals surface area (Å²) in [6.45, 7) is -0.325. The Balaban J connectivity index is 1.70. The maximum absolute atomic E-state index is 12.9. The summed E-state index contributed by atoms with van der Waals surface area (Å²) in [5.74, 6) is -5.75. The molecule has 0 spiro atoms. The molecule has 1 saturated heterocycles. The normalized spacial score (nSPS) is 17.3. The van der Waals surface area contributed by atoms with Gasteiger partial charge in [0.2, 0.25) is 11.8 Å². The molecule has 1 aliphatic rings. The zero-order chi connectivity index (χ0) is 29.4. The molecular weight excluding hydrogens is 578 g/mol. The van der Waals surface area contributed by atoms with Crippen LogP contribution in [0.2, 0.25) is 0 Å². The highest BCUT2D eigenvalue weighted by atomic mass is 35.5. The smallest absolute Gasteiger partial charge is 0.432 e. The van der Waals surface area contributed by atoms with Gasteiger partial charge in [-0.3, -0.25) is 29.3 Å². The van der Waals surface area contributed by atoms with Crippen LogP contribution in [-0.2, 0) is 45.0 Å². The number of nitrogens with zero attached hydrogens (tertiary/aromatic N) is 4. The summed E-state index contributed by atoms with van der Waals surface area (Å²) in [6, 6.07) is 4.86. The third-order valence-electron chi connectivity index (χ3n) is 4.97. The van der Waals surface area contributed by atoms with Crippen molar-refractivity contribution in [1.29, 1.82) is 0 Å². The third kappa shape index (κ3) is 7.04. The van der Waals surface area contributed by atoms with Crippen LogP contribution in [0.1, 0.15) is 11.3 Å². The quantitative estimate of drug-likeness (QED) is 0.0488. The molecule has 0 aliphatic carbocycles. The number of thiazole rings is 1. The summed E-state index contributed by atoms with van der Waals surface area (Å²) in [4.78, 5) is 85.3. The van der Waals surface area contributed by atoms with Crippen LogP contribution in [-0.4, -0.2) is 81.6 Å². The lowest BCUT2D eigenvalue weighted by Crippen LogP contribution is -2.75. The first-order chi connectivity index (χ1) is 19.1. The zero-order valence-corrected chi connectivity index (χ0v) is 21.9. The van der Waals surface area contributed by atoms with Crippen LogP contribution in [0.4, 0.5) is 5.13 Å². The van der Waals surface area contributed by atoms with Gasteiger partial charge in [-0.1, -0.05) is 35.5 Å². The first kappa shape index (κ1) is 29.9. The number of nitrogens with one attached hydrogen (secondary N) is 2. The summed E-state index contributed by atoms with van der Waals surface area (Å²) in [7, 11) is 1.13. The molecule has 212 valence electrons. The Labute approximate surface area is 233 Å². The van der Waals surface area contributed by atoms with Crippen LogP contribution in [0.25, 0.3) is 0 Å². The van der Waals surface area contributed by atoms with Crippen molar-refractivity contribution < 1.29 is 43.3 Å².